The van der Waals surface area contributed by atoms with Crippen molar-refractivity contribution in [2.45, 2.75) is 25.8 Å². The van der Waals surface area contributed by atoms with Crippen LogP contribution in [0.4, 0.5) is 0 Å². The van der Waals surface area contributed by atoms with E-state index in [4.69, 9.17) is 11.6 Å². The molecular formula is C15H13BrClNOS. The van der Waals surface area contributed by atoms with Crippen LogP contribution in [0.1, 0.15) is 41.8 Å². The van der Waals surface area contributed by atoms with E-state index in [-0.39, 0.29) is 17.4 Å². The van der Waals surface area contributed by atoms with Crippen LogP contribution in [0.2, 0.25) is 5.02 Å². The quantitative estimate of drug-likeness (QED) is 0.583. The highest BCUT2D eigenvalue weighted by molar-refractivity contribution is 9.11. The van der Waals surface area contributed by atoms with Gasteiger partial charge in [-0.2, -0.15) is 4.91 Å². The van der Waals surface area contributed by atoms with Crippen LogP contribution >= 0.6 is 38.9 Å². The van der Waals surface area contributed by atoms with Crippen molar-refractivity contribution in [3.05, 3.63) is 60.1 Å². The average Bonchev–Trinajstić information content (AvgIpc) is 2.82. The van der Waals surface area contributed by atoms with E-state index in [1.807, 2.05) is 24.3 Å². The van der Waals surface area contributed by atoms with Crippen molar-refractivity contribution < 1.29 is 0 Å². The minimum atomic E-state index is -0.297. The first-order valence-corrected chi connectivity index (χ1v) is 8.31. The highest BCUT2D eigenvalue weighted by atomic mass is 79.9. The maximum absolute atomic E-state index is 11.3. The summed E-state index contributed by atoms with van der Waals surface area (Å²) in [5.74, 6) is 0.167. The molecule has 0 radical (unpaired) electrons. The van der Waals surface area contributed by atoms with Crippen molar-refractivity contribution in [1.29, 1.82) is 0 Å². The Morgan fingerprint density at radius 1 is 1.30 bits per heavy atom. The number of thiophene rings is 1. The first-order valence-electron chi connectivity index (χ1n) is 6.32. The van der Waals surface area contributed by atoms with Crippen molar-refractivity contribution in [1.82, 2.24) is 0 Å². The van der Waals surface area contributed by atoms with Gasteiger partial charge in [0.2, 0.25) is 0 Å². The number of hydrogen-bond acceptors (Lipinski definition) is 3. The minimum Gasteiger partial charge on any atom is -0.150 e. The van der Waals surface area contributed by atoms with E-state index in [0.717, 1.165) is 13.7 Å². The molecule has 1 aromatic heterocycles. The summed E-state index contributed by atoms with van der Waals surface area (Å²) in [6, 6.07) is 9.70. The molecule has 20 heavy (non-hydrogen) atoms. The average molecular weight is 371 g/mol. The van der Waals surface area contributed by atoms with Gasteiger partial charge in [0.05, 0.1) is 3.79 Å². The number of fused-ring (bicyclic) bond motifs is 1. The molecule has 1 heterocycles. The SMILES string of the molecule is CC1(C)C(N=O)c2sc(Br)cc2C1c1ccc(Cl)cc1. The molecule has 5 heteroatoms. The molecule has 0 fully saturated rings. The lowest BCUT2D eigenvalue weighted by Crippen LogP contribution is -2.22. The first-order chi connectivity index (χ1) is 9.45. The number of nitrogens with zero attached hydrogens (tertiary/aromatic N) is 1. The van der Waals surface area contributed by atoms with Crippen LogP contribution < -0.4 is 0 Å². The third kappa shape index (κ3) is 2.05. The second kappa shape index (κ2) is 4.93. The summed E-state index contributed by atoms with van der Waals surface area (Å²) in [5.41, 5.74) is 2.16. The zero-order chi connectivity index (χ0) is 14.5. The Kier molecular flexibility index (Phi) is 3.51. The summed E-state index contributed by atoms with van der Waals surface area (Å²) < 4.78 is 1.05. The van der Waals surface area contributed by atoms with Crippen molar-refractivity contribution >= 4 is 38.9 Å². The zero-order valence-electron chi connectivity index (χ0n) is 11.1. The Bertz CT molecular complexity index is 665. The molecular weight excluding hydrogens is 358 g/mol. The van der Waals surface area contributed by atoms with E-state index in [2.05, 4.69) is 41.0 Å². The number of rotatable bonds is 2. The van der Waals surface area contributed by atoms with Gasteiger partial charge in [0.1, 0.15) is 6.04 Å². The van der Waals surface area contributed by atoms with Gasteiger partial charge in [-0.25, -0.2) is 0 Å². The molecule has 1 aliphatic carbocycles. The van der Waals surface area contributed by atoms with Crippen LogP contribution in [0.15, 0.2) is 39.3 Å². The van der Waals surface area contributed by atoms with Crippen molar-refractivity contribution in [2.75, 3.05) is 0 Å². The fourth-order valence-corrected chi connectivity index (χ4v) is 5.22. The normalized spacial score (nSPS) is 23.6. The summed E-state index contributed by atoms with van der Waals surface area (Å²) in [6.07, 6.45) is 0. The monoisotopic (exact) mass is 369 g/mol. The van der Waals surface area contributed by atoms with Gasteiger partial charge >= 0.3 is 0 Å². The standard InChI is InChI=1S/C15H13BrClNOS/c1-15(2)12(8-3-5-9(17)6-4-8)10-7-11(16)20-13(10)14(15)18-19/h3-7,12,14H,1-2H3. The molecule has 1 aromatic carbocycles. The smallest absolute Gasteiger partial charge is 0.132 e. The molecule has 0 bridgehead atoms. The summed E-state index contributed by atoms with van der Waals surface area (Å²) >= 11 is 11.1. The van der Waals surface area contributed by atoms with E-state index < -0.39 is 0 Å². The fraction of sp³-hybridized carbons (Fsp3) is 0.333. The largest absolute Gasteiger partial charge is 0.150 e. The zero-order valence-corrected chi connectivity index (χ0v) is 14.2. The molecule has 2 aromatic rings. The fourth-order valence-electron chi connectivity index (χ4n) is 3.17. The molecule has 1 aliphatic rings. The Labute approximate surface area is 135 Å². The van der Waals surface area contributed by atoms with Crippen LogP contribution in [0.25, 0.3) is 0 Å². The molecule has 0 N–H and O–H groups in total. The van der Waals surface area contributed by atoms with Crippen molar-refractivity contribution in [3.63, 3.8) is 0 Å². The van der Waals surface area contributed by atoms with Gasteiger partial charge in [0, 0.05) is 21.2 Å². The topological polar surface area (TPSA) is 29.4 Å². The minimum absolute atomic E-state index is 0.167. The van der Waals surface area contributed by atoms with Gasteiger partial charge in [0.25, 0.3) is 0 Å². The lowest BCUT2D eigenvalue weighted by Gasteiger charge is -2.30. The van der Waals surface area contributed by atoms with Crippen LogP contribution in [0.5, 0.6) is 0 Å². The van der Waals surface area contributed by atoms with Gasteiger partial charge < -0.3 is 0 Å². The maximum Gasteiger partial charge on any atom is 0.132 e. The number of halogens is 2. The number of hydrogen-bond donors (Lipinski definition) is 0. The molecule has 104 valence electrons. The third-order valence-corrected chi connectivity index (χ3v) is 6.04. The molecule has 2 unspecified atom stereocenters. The number of nitroso groups, excluding NO2 is 1. The summed E-state index contributed by atoms with van der Waals surface area (Å²) in [6.45, 7) is 4.22. The van der Waals surface area contributed by atoms with Gasteiger partial charge in [0.15, 0.2) is 0 Å². The van der Waals surface area contributed by atoms with E-state index in [1.165, 1.54) is 11.1 Å². The van der Waals surface area contributed by atoms with Crippen LogP contribution in [-0.4, -0.2) is 0 Å². The lowest BCUT2D eigenvalue weighted by atomic mass is 9.74. The highest BCUT2D eigenvalue weighted by Gasteiger charge is 2.50. The summed E-state index contributed by atoms with van der Waals surface area (Å²) in [4.78, 5) is 12.4. The Morgan fingerprint density at radius 3 is 2.55 bits per heavy atom. The predicted octanol–water partition coefficient (Wildman–Crippen LogP) is 6.14. The van der Waals surface area contributed by atoms with Crippen LogP contribution in [0, 0.1) is 10.3 Å². The molecule has 0 spiro atoms. The number of benzene rings is 1. The Hall–Kier alpha value is -0.710. The second-order valence-electron chi connectivity index (χ2n) is 5.68. The first kappa shape index (κ1) is 14.2. The second-order valence-corrected chi connectivity index (χ2v) is 8.58. The molecule has 0 saturated heterocycles. The third-order valence-electron chi connectivity index (χ3n) is 4.08. The molecule has 2 nitrogen and oxygen atoms in total. The van der Waals surface area contributed by atoms with Gasteiger partial charge in [-0.15, -0.1) is 11.3 Å². The van der Waals surface area contributed by atoms with Crippen LogP contribution in [0.3, 0.4) is 0 Å². The van der Waals surface area contributed by atoms with Gasteiger partial charge in [-0.05, 0) is 45.3 Å². The molecule has 0 amide bonds. The Morgan fingerprint density at radius 2 is 1.95 bits per heavy atom. The van der Waals surface area contributed by atoms with Crippen LogP contribution in [-0.2, 0) is 0 Å². The van der Waals surface area contributed by atoms with Gasteiger partial charge in [-0.1, -0.05) is 42.8 Å². The molecule has 2 atom stereocenters. The molecule has 0 saturated carbocycles. The van der Waals surface area contributed by atoms with E-state index in [9.17, 15) is 4.91 Å². The van der Waals surface area contributed by atoms with E-state index >= 15 is 0 Å². The maximum atomic E-state index is 11.3. The highest BCUT2D eigenvalue weighted by Crippen LogP contribution is 2.60. The van der Waals surface area contributed by atoms with Gasteiger partial charge in [-0.3, -0.25) is 0 Å². The van der Waals surface area contributed by atoms with E-state index in [0.29, 0.717) is 0 Å². The summed E-state index contributed by atoms with van der Waals surface area (Å²) in [7, 11) is 0. The molecule has 0 aliphatic heterocycles. The predicted molar refractivity (Wildman–Crippen MR) is 87.6 cm³/mol. The molecule has 3 rings (SSSR count). The Balaban J connectivity index is 2.18. The summed E-state index contributed by atoms with van der Waals surface area (Å²) in [5, 5.41) is 4.13. The van der Waals surface area contributed by atoms with Crippen molar-refractivity contribution in [2.24, 2.45) is 10.6 Å². The van der Waals surface area contributed by atoms with E-state index in [1.54, 1.807) is 11.3 Å². The lowest BCUT2D eigenvalue weighted by molar-refractivity contribution is 0.285. The van der Waals surface area contributed by atoms with Crippen molar-refractivity contribution in [3.8, 4) is 0 Å².